The molecule has 114 valence electrons. The summed E-state index contributed by atoms with van der Waals surface area (Å²) in [4.78, 5) is 23.8. The third-order valence-electron chi connectivity index (χ3n) is 4.16. The Morgan fingerprint density at radius 3 is 2.43 bits per heavy atom. The molecular weight excluding hydrogens is 268 g/mol. The number of carbonyl (C=O) groups excluding carboxylic acids is 2. The summed E-state index contributed by atoms with van der Waals surface area (Å²) in [6.07, 6.45) is 0.812. The second-order valence-corrected chi connectivity index (χ2v) is 6.04. The van der Waals surface area contributed by atoms with Crippen molar-refractivity contribution in [3.05, 3.63) is 35.9 Å². The van der Waals surface area contributed by atoms with Gasteiger partial charge in [0.15, 0.2) is 0 Å². The zero-order valence-corrected chi connectivity index (χ0v) is 12.8. The van der Waals surface area contributed by atoms with Gasteiger partial charge in [0.1, 0.15) is 0 Å². The maximum absolute atomic E-state index is 11.9. The van der Waals surface area contributed by atoms with Gasteiger partial charge >= 0.3 is 11.9 Å². The van der Waals surface area contributed by atoms with Gasteiger partial charge in [0.25, 0.3) is 0 Å². The minimum Gasteiger partial charge on any atom is -0.465 e. The number of esters is 2. The lowest BCUT2D eigenvalue weighted by molar-refractivity contribution is -0.146. The predicted molar refractivity (Wildman–Crippen MR) is 78.7 cm³/mol. The van der Waals surface area contributed by atoms with Gasteiger partial charge in [0.2, 0.25) is 0 Å². The molecule has 2 atom stereocenters. The Morgan fingerprint density at radius 2 is 1.81 bits per heavy atom. The van der Waals surface area contributed by atoms with Crippen LogP contribution in [-0.4, -0.2) is 25.2 Å². The maximum Gasteiger partial charge on any atom is 0.338 e. The summed E-state index contributed by atoms with van der Waals surface area (Å²) in [6, 6.07) is 8.87. The highest BCUT2D eigenvalue weighted by Crippen LogP contribution is 2.58. The van der Waals surface area contributed by atoms with Crippen molar-refractivity contribution >= 4 is 11.9 Å². The molecule has 1 aromatic carbocycles. The Labute approximate surface area is 125 Å². The Balaban J connectivity index is 1.86. The summed E-state index contributed by atoms with van der Waals surface area (Å²) >= 11 is 0. The largest absolute Gasteiger partial charge is 0.465 e. The molecule has 4 heteroatoms. The lowest BCUT2D eigenvalue weighted by Crippen LogP contribution is -2.13. The van der Waals surface area contributed by atoms with E-state index >= 15 is 0 Å². The van der Waals surface area contributed by atoms with E-state index in [1.54, 1.807) is 24.3 Å². The minimum absolute atomic E-state index is 0.0366. The van der Waals surface area contributed by atoms with Crippen LogP contribution in [0, 0.1) is 17.3 Å². The highest BCUT2D eigenvalue weighted by atomic mass is 16.5. The number of benzene rings is 1. The third-order valence-corrected chi connectivity index (χ3v) is 4.16. The van der Waals surface area contributed by atoms with E-state index < -0.39 is 0 Å². The van der Waals surface area contributed by atoms with Gasteiger partial charge < -0.3 is 9.47 Å². The fourth-order valence-corrected chi connectivity index (χ4v) is 2.64. The van der Waals surface area contributed by atoms with Gasteiger partial charge in [0.05, 0.1) is 24.7 Å². The Bertz CT molecular complexity index is 507. The number of hydrogen-bond acceptors (Lipinski definition) is 4. The van der Waals surface area contributed by atoms with Crippen molar-refractivity contribution in [1.82, 2.24) is 0 Å². The summed E-state index contributed by atoms with van der Waals surface area (Å²) < 4.78 is 10.5. The molecule has 2 unspecified atom stereocenters. The van der Waals surface area contributed by atoms with Crippen molar-refractivity contribution in [2.45, 2.75) is 27.2 Å². The zero-order valence-electron chi connectivity index (χ0n) is 12.8. The molecule has 21 heavy (non-hydrogen) atoms. The second kappa shape index (κ2) is 6.29. The van der Waals surface area contributed by atoms with Crippen LogP contribution in [0.5, 0.6) is 0 Å². The first kappa shape index (κ1) is 15.5. The smallest absolute Gasteiger partial charge is 0.338 e. The van der Waals surface area contributed by atoms with Crippen molar-refractivity contribution in [2.75, 3.05) is 13.2 Å². The van der Waals surface area contributed by atoms with E-state index in [1.165, 1.54) is 0 Å². The zero-order chi connectivity index (χ0) is 15.5. The molecule has 0 spiro atoms. The van der Waals surface area contributed by atoms with E-state index in [1.807, 2.05) is 26.8 Å². The molecular formula is C17H22O4. The molecule has 0 aromatic heterocycles. The van der Waals surface area contributed by atoms with Gasteiger partial charge in [-0.05, 0) is 24.0 Å². The van der Waals surface area contributed by atoms with Crippen molar-refractivity contribution in [2.24, 2.45) is 17.3 Å². The number of carbonyl (C=O) groups is 2. The fraction of sp³-hybridized carbons (Fsp3) is 0.529. The first-order chi connectivity index (χ1) is 9.98. The van der Waals surface area contributed by atoms with E-state index in [0.717, 1.165) is 6.42 Å². The van der Waals surface area contributed by atoms with Crippen LogP contribution < -0.4 is 0 Å². The van der Waals surface area contributed by atoms with Crippen molar-refractivity contribution in [1.29, 1.82) is 0 Å². The van der Waals surface area contributed by atoms with E-state index in [0.29, 0.717) is 12.2 Å². The molecule has 0 heterocycles. The molecule has 2 rings (SSSR count). The van der Waals surface area contributed by atoms with E-state index in [2.05, 4.69) is 0 Å². The van der Waals surface area contributed by atoms with Gasteiger partial charge in [-0.1, -0.05) is 39.0 Å². The summed E-state index contributed by atoms with van der Waals surface area (Å²) in [5.74, 6) is -0.663. The van der Waals surface area contributed by atoms with E-state index in [4.69, 9.17) is 9.47 Å². The molecule has 0 aliphatic heterocycles. The average Bonchev–Trinajstić information content (AvgIpc) is 3.04. The standard InChI is InChI=1S/C17H22O4/c1-4-10-20-16(19)14-13(17(14,2)3)11-21-15(18)12-8-6-5-7-9-12/h5-9,13-14H,4,10-11H2,1-3H3. The molecule has 0 bridgehead atoms. The summed E-state index contributed by atoms with van der Waals surface area (Å²) in [6.45, 7) is 6.68. The third kappa shape index (κ3) is 3.43. The van der Waals surface area contributed by atoms with Crippen LogP contribution in [0.4, 0.5) is 0 Å². The van der Waals surface area contributed by atoms with Crippen LogP contribution in [-0.2, 0) is 14.3 Å². The quantitative estimate of drug-likeness (QED) is 0.756. The van der Waals surface area contributed by atoms with Crippen molar-refractivity contribution in [3.8, 4) is 0 Å². The number of rotatable bonds is 6. The molecule has 0 N–H and O–H groups in total. The van der Waals surface area contributed by atoms with Gasteiger partial charge in [-0.25, -0.2) is 4.79 Å². The fourth-order valence-electron chi connectivity index (χ4n) is 2.64. The Hall–Kier alpha value is -1.84. The lowest BCUT2D eigenvalue weighted by atomic mass is 10.1. The normalized spacial score (nSPS) is 22.4. The topological polar surface area (TPSA) is 52.6 Å². The van der Waals surface area contributed by atoms with Crippen LogP contribution in [0.2, 0.25) is 0 Å². The molecule has 1 aliphatic rings. The number of hydrogen-bond donors (Lipinski definition) is 0. The minimum atomic E-state index is -0.348. The van der Waals surface area contributed by atoms with E-state index in [-0.39, 0.29) is 35.8 Å². The second-order valence-electron chi connectivity index (χ2n) is 6.04. The van der Waals surface area contributed by atoms with Crippen LogP contribution in [0.3, 0.4) is 0 Å². The Kier molecular flexibility index (Phi) is 4.66. The monoisotopic (exact) mass is 290 g/mol. The maximum atomic E-state index is 11.9. The van der Waals surface area contributed by atoms with Crippen LogP contribution in [0.25, 0.3) is 0 Å². The number of ether oxygens (including phenoxy) is 2. The van der Waals surface area contributed by atoms with Gasteiger partial charge in [-0.2, -0.15) is 0 Å². The van der Waals surface area contributed by atoms with Crippen molar-refractivity contribution in [3.63, 3.8) is 0 Å². The van der Waals surface area contributed by atoms with Gasteiger partial charge in [-0.15, -0.1) is 0 Å². The first-order valence-corrected chi connectivity index (χ1v) is 7.37. The average molecular weight is 290 g/mol. The first-order valence-electron chi connectivity index (χ1n) is 7.37. The molecule has 0 amide bonds. The molecule has 1 aliphatic carbocycles. The molecule has 1 aromatic rings. The van der Waals surface area contributed by atoms with E-state index in [9.17, 15) is 9.59 Å². The molecule has 1 fully saturated rings. The highest BCUT2D eigenvalue weighted by Gasteiger charge is 2.63. The lowest BCUT2D eigenvalue weighted by Gasteiger charge is -2.05. The van der Waals surface area contributed by atoms with Gasteiger partial charge in [-0.3, -0.25) is 4.79 Å². The van der Waals surface area contributed by atoms with Crippen LogP contribution in [0.1, 0.15) is 37.6 Å². The predicted octanol–water partition coefficient (Wildman–Crippen LogP) is 3.07. The Morgan fingerprint density at radius 1 is 1.14 bits per heavy atom. The van der Waals surface area contributed by atoms with Gasteiger partial charge in [0, 0.05) is 5.92 Å². The van der Waals surface area contributed by atoms with Crippen LogP contribution >= 0.6 is 0 Å². The summed E-state index contributed by atoms with van der Waals surface area (Å²) in [7, 11) is 0. The van der Waals surface area contributed by atoms with Crippen molar-refractivity contribution < 1.29 is 19.1 Å². The highest BCUT2D eigenvalue weighted by molar-refractivity contribution is 5.89. The molecule has 1 saturated carbocycles. The molecule has 0 saturated heterocycles. The SMILES string of the molecule is CCCOC(=O)C1C(COC(=O)c2ccccc2)C1(C)C. The van der Waals surface area contributed by atoms with Crippen LogP contribution in [0.15, 0.2) is 30.3 Å². The molecule has 4 nitrogen and oxygen atoms in total. The summed E-state index contributed by atoms with van der Waals surface area (Å²) in [5, 5.41) is 0. The summed E-state index contributed by atoms with van der Waals surface area (Å²) in [5.41, 5.74) is 0.364. The molecule has 0 radical (unpaired) electrons.